The molecule has 3 N–H and O–H groups in total. The highest BCUT2D eigenvalue weighted by Crippen LogP contribution is 2.43. The van der Waals surface area contributed by atoms with E-state index in [0.29, 0.717) is 23.4 Å². The zero-order valence-corrected chi connectivity index (χ0v) is 9.20. The smallest absolute Gasteiger partial charge is 0.256 e. The number of primary amides is 1. The van der Waals surface area contributed by atoms with Gasteiger partial charge in [0.05, 0.1) is 4.47 Å². The summed E-state index contributed by atoms with van der Waals surface area (Å²) in [6.45, 7) is 0.733. The van der Waals surface area contributed by atoms with Crippen LogP contribution in [-0.4, -0.2) is 24.2 Å². The number of halogens is 1. The molecule has 0 saturated carbocycles. The summed E-state index contributed by atoms with van der Waals surface area (Å²) < 4.78 is 10.9. The normalized spacial score (nSPS) is 13.7. The molecule has 0 saturated heterocycles. The molecule has 0 bridgehead atoms. The number of benzene rings is 1. The Kier molecular flexibility index (Phi) is 2.44. The summed E-state index contributed by atoms with van der Waals surface area (Å²) in [5, 5.41) is 9.64. The van der Waals surface area contributed by atoms with Crippen molar-refractivity contribution >= 4 is 21.8 Å². The lowest BCUT2D eigenvalue weighted by molar-refractivity contribution is 0.0985. The third-order valence-corrected chi connectivity index (χ3v) is 2.61. The average molecular weight is 274 g/mol. The molecule has 2 rings (SSSR count). The molecule has 1 aromatic carbocycles. The molecule has 5 nitrogen and oxygen atoms in total. The lowest BCUT2D eigenvalue weighted by Crippen LogP contribution is -2.20. The zero-order valence-electron chi connectivity index (χ0n) is 7.62. The maximum atomic E-state index is 11.2. The van der Waals surface area contributed by atoms with Crippen LogP contribution in [0.5, 0.6) is 17.2 Å². The second-order valence-corrected chi connectivity index (χ2v) is 3.82. The molecule has 6 heteroatoms. The number of fused-ring (bicyclic) bond motifs is 1. The van der Waals surface area contributed by atoms with Crippen LogP contribution in [-0.2, 0) is 0 Å². The van der Waals surface area contributed by atoms with Crippen LogP contribution < -0.4 is 15.2 Å². The fourth-order valence-corrected chi connectivity index (χ4v) is 1.78. The molecule has 1 aliphatic heterocycles. The number of aromatic hydroxyl groups is 1. The van der Waals surface area contributed by atoms with E-state index in [1.54, 1.807) is 0 Å². The quantitative estimate of drug-likeness (QED) is 0.801. The molecular formula is C9H8BrNO4. The number of carbonyl (C=O) groups excluding carboxylic acids is 1. The molecule has 0 fully saturated rings. The standard InChI is InChI=1S/C9H8BrNO4/c10-4-3-5-8(15-2-1-14-5)6(7(4)12)9(11)13/h3,12H,1-2H2,(H2,11,13). The minimum absolute atomic E-state index is 0.0564. The molecule has 1 heterocycles. The van der Waals surface area contributed by atoms with Gasteiger partial charge in [-0.05, 0) is 15.9 Å². The van der Waals surface area contributed by atoms with Crippen LogP contribution in [0.1, 0.15) is 10.4 Å². The zero-order chi connectivity index (χ0) is 11.0. The Labute approximate surface area is 93.9 Å². The number of amides is 1. The number of hydrogen-bond donors (Lipinski definition) is 2. The van der Waals surface area contributed by atoms with Crippen molar-refractivity contribution in [2.75, 3.05) is 13.2 Å². The Bertz CT molecular complexity index is 433. The van der Waals surface area contributed by atoms with Gasteiger partial charge in [-0.2, -0.15) is 0 Å². The summed E-state index contributed by atoms with van der Waals surface area (Å²) in [5.41, 5.74) is 5.10. The molecule has 1 aromatic rings. The molecule has 0 aromatic heterocycles. The first-order valence-electron chi connectivity index (χ1n) is 4.22. The highest BCUT2D eigenvalue weighted by atomic mass is 79.9. The van der Waals surface area contributed by atoms with Crippen molar-refractivity contribution in [2.45, 2.75) is 0 Å². The van der Waals surface area contributed by atoms with E-state index < -0.39 is 5.91 Å². The molecule has 0 aliphatic carbocycles. The number of nitrogens with two attached hydrogens (primary N) is 1. The van der Waals surface area contributed by atoms with Gasteiger partial charge in [-0.15, -0.1) is 0 Å². The van der Waals surface area contributed by atoms with E-state index in [-0.39, 0.29) is 17.1 Å². The van der Waals surface area contributed by atoms with Crippen molar-refractivity contribution in [2.24, 2.45) is 5.73 Å². The molecule has 0 unspecified atom stereocenters. The second-order valence-electron chi connectivity index (χ2n) is 2.97. The molecule has 15 heavy (non-hydrogen) atoms. The Morgan fingerprint density at radius 3 is 2.80 bits per heavy atom. The molecule has 0 atom stereocenters. The van der Waals surface area contributed by atoms with Crippen molar-refractivity contribution in [3.63, 3.8) is 0 Å². The summed E-state index contributed by atoms with van der Waals surface area (Å²) in [4.78, 5) is 11.2. The first-order chi connectivity index (χ1) is 7.11. The number of rotatable bonds is 1. The third-order valence-electron chi connectivity index (χ3n) is 2.01. The lowest BCUT2D eigenvalue weighted by atomic mass is 10.1. The first kappa shape index (κ1) is 10.1. The van der Waals surface area contributed by atoms with E-state index in [4.69, 9.17) is 15.2 Å². The van der Waals surface area contributed by atoms with Crippen molar-refractivity contribution in [1.82, 2.24) is 0 Å². The van der Waals surface area contributed by atoms with Crippen molar-refractivity contribution in [3.8, 4) is 17.2 Å². The molecular weight excluding hydrogens is 266 g/mol. The Morgan fingerprint density at radius 2 is 2.13 bits per heavy atom. The molecule has 1 aliphatic rings. The van der Waals surface area contributed by atoms with Crippen LogP contribution >= 0.6 is 15.9 Å². The summed E-state index contributed by atoms with van der Waals surface area (Å²) in [7, 11) is 0. The summed E-state index contributed by atoms with van der Waals surface area (Å²) in [6, 6.07) is 1.54. The fourth-order valence-electron chi connectivity index (χ4n) is 1.37. The Morgan fingerprint density at radius 1 is 1.47 bits per heavy atom. The van der Waals surface area contributed by atoms with E-state index in [2.05, 4.69) is 15.9 Å². The van der Waals surface area contributed by atoms with Crippen molar-refractivity contribution < 1.29 is 19.4 Å². The van der Waals surface area contributed by atoms with Gasteiger partial charge in [0, 0.05) is 6.07 Å². The number of phenols is 1. The number of carbonyl (C=O) groups is 1. The number of hydrogen-bond acceptors (Lipinski definition) is 4. The maximum absolute atomic E-state index is 11.2. The topological polar surface area (TPSA) is 81.8 Å². The molecule has 0 radical (unpaired) electrons. The third kappa shape index (κ3) is 1.61. The predicted molar refractivity (Wildman–Crippen MR) is 55.3 cm³/mol. The largest absolute Gasteiger partial charge is 0.506 e. The highest BCUT2D eigenvalue weighted by Gasteiger charge is 2.25. The summed E-state index contributed by atoms with van der Waals surface area (Å²) >= 11 is 3.10. The van der Waals surface area contributed by atoms with Crippen LogP contribution in [0.2, 0.25) is 0 Å². The minimum atomic E-state index is -0.754. The Hall–Kier alpha value is -1.43. The summed E-state index contributed by atoms with van der Waals surface area (Å²) in [5.74, 6) is -0.378. The van der Waals surface area contributed by atoms with Gasteiger partial charge < -0.3 is 20.3 Å². The van der Waals surface area contributed by atoms with Gasteiger partial charge in [-0.1, -0.05) is 0 Å². The monoisotopic (exact) mass is 273 g/mol. The van der Waals surface area contributed by atoms with E-state index in [9.17, 15) is 9.90 Å². The van der Waals surface area contributed by atoms with E-state index in [1.807, 2.05) is 0 Å². The molecule has 1 amide bonds. The second kappa shape index (κ2) is 3.62. The van der Waals surface area contributed by atoms with E-state index in [1.165, 1.54) is 6.07 Å². The van der Waals surface area contributed by atoms with Gasteiger partial charge in [0.2, 0.25) is 0 Å². The van der Waals surface area contributed by atoms with Crippen LogP contribution in [0.3, 0.4) is 0 Å². The SMILES string of the molecule is NC(=O)c1c(O)c(Br)cc2c1OCCO2. The van der Waals surface area contributed by atoms with Gasteiger partial charge in [0.15, 0.2) is 11.5 Å². The fraction of sp³-hybridized carbons (Fsp3) is 0.222. The van der Waals surface area contributed by atoms with Crippen LogP contribution in [0, 0.1) is 0 Å². The van der Waals surface area contributed by atoms with Gasteiger partial charge in [-0.25, -0.2) is 0 Å². The number of ether oxygens (including phenoxy) is 2. The van der Waals surface area contributed by atoms with E-state index >= 15 is 0 Å². The highest BCUT2D eigenvalue weighted by molar-refractivity contribution is 9.10. The van der Waals surface area contributed by atoms with Crippen LogP contribution in [0.15, 0.2) is 10.5 Å². The van der Waals surface area contributed by atoms with Gasteiger partial charge in [0.1, 0.15) is 24.5 Å². The van der Waals surface area contributed by atoms with Crippen molar-refractivity contribution in [3.05, 3.63) is 16.1 Å². The first-order valence-corrected chi connectivity index (χ1v) is 5.01. The van der Waals surface area contributed by atoms with Gasteiger partial charge >= 0.3 is 0 Å². The lowest BCUT2D eigenvalue weighted by Gasteiger charge is -2.21. The molecule has 0 spiro atoms. The van der Waals surface area contributed by atoms with Crippen molar-refractivity contribution in [1.29, 1.82) is 0 Å². The Balaban J connectivity index is 2.68. The van der Waals surface area contributed by atoms with Gasteiger partial charge in [-0.3, -0.25) is 4.79 Å². The maximum Gasteiger partial charge on any atom is 0.256 e. The average Bonchev–Trinajstić information content (AvgIpc) is 2.19. The van der Waals surface area contributed by atoms with Crippen LogP contribution in [0.4, 0.5) is 0 Å². The van der Waals surface area contributed by atoms with Crippen LogP contribution in [0.25, 0.3) is 0 Å². The predicted octanol–water partition coefficient (Wildman–Crippen LogP) is 1.02. The summed E-state index contributed by atoms with van der Waals surface area (Å²) in [6.07, 6.45) is 0. The van der Waals surface area contributed by atoms with E-state index in [0.717, 1.165) is 0 Å². The molecule has 80 valence electrons. The minimum Gasteiger partial charge on any atom is -0.506 e. The van der Waals surface area contributed by atoms with Gasteiger partial charge in [0.25, 0.3) is 5.91 Å².